The molecule has 0 aliphatic carbocycles. The van der Waals surface area contributed by atoms with E-state index in [1.807, 2.05) is 42.5 Å². The summed E-state index contributed by atoms with van der Waals surface area (Å²) < 4.78 is 0. The van der Waals surface area contributed by atoms with Crippen molar-refractivity contribution in [3.8, 4) is 0 Å². The van der Waals surface area contributed by atoms with Gasteiger partial charge in [-0.25, -0.2) is 0 Å². The predicted octanol–water partition coefficient (Wildman–Crippen LogP) is 4.81. The maximum Gasteiger partial charge on any atom is 0.277 e. The summed E-state index contributed by atoms with van der Waals surface area (Å²) in [5, 5.41) is 13.4. The summed E-state index contributed by atoms with van der Waals surface area (Å²) in [6, 6.07) is 20.7. The third kappa shape index (κ3) is 2.41. The minimum Gasteiger partial charge on any atom is -0.258 e. The highest BCUT2D eigenvalue weighted by Gasteiger charge is 2.16. The molecule has 0 N–H and O–H groups in total. The van der Waals surface area contributed by atoms with Crippen molar-refractivity contribution in [3.63, 3.8) is 0 Å². The molecule has 102 valence electrons. The average Bonchev–Trinajstić information content (AvgIpc) is 2.53. The van der Waals surface area contributed by atoms with E-state index in [0.29, 0.717) is 11.1 Å². The number of hydrogen-bond acceptors (Lipinski definition) is 2. The maximum absolute atomic E-state index is 11.1. The molecule has 3 aromatic rings. The Labute approximate surface area is 122 Å². The fourth-order valence-corrected chi connectivity index (χ4v) is 2.42. The fourth-order valence-electron chi connectivity index (χ4n) is 2.42. The van der Waals surface area contributed by atoms with Gasteiger partial charge in [0.05, 0.1) is 10.5 Å². The molecule has 0 aromatic heterocycles. The molecule has 0 amide bonds. The molecule has 0 bridgehead atoms. The number of nitrogens with zero attached hydrogens (tertiary/aromatic N) is 1. The van der Waals surface area contributed by atoms with Crippen LogP contribution in [0.15, 0.2) is 73.3 Å². The Balaban J connectivity index is 2.10. The fraction of sp³-hybridized carbons (Fsp3) is 0. The minimum atomic E-state index is -0.373. The van der Waals surface area contributed by atoms with Crippen molar-refractivity contribution >= 4 is 22.0 Å². The van der Waals surface area contributed by atoms with E-state index < -0.39 is 0 Å². The van der Waals surface area contributed by atoms with Gasteiger partial charge in [0, 0.05) is 6.07 Å². The highest BCUT2D eigenvalue weighted by Crippen LogP contribution is 2.30. The van der Waals surface area contributed by atoms with E-state index in [0.717, 1.165) is 16.3 Å². The lowest BCUT2D eigenvalue weighted by Gasteiger charge is -2.08. The quantitative estimate of drug-likeness (QED) is 0.508. The molecule has 0 saturated heterocycles. The molecule has 21 heavy (non-hydrogen) atoms. The summed E-state index contributed by atoms with van der Waals surface area (Å²) in [5.41, 5.74) is 2.18. The number of hydrogen-bond donors (Lipinski definition) is 0. The lowest BCUT2D eigenvalue weighted by Crippen LogP contribution is -1.95. The highest BCUT2D eigenvalue weighted by atomic mass is 16.6. The van der Waals surface area contributed by atoms with Gasteiger partial charge in [-0.05, 0) is 34.0 Å². The van der Waals surface area contributed by atoms with Crippen LogP contribution in [0.1, 0.15) is 11.1 Å². The van der Waals surface area contributed by atoms with E-state index in [1.54, 1.807) is 18.2 Å². The molecule has 0 radical (unpaired) electrons. The lowest BCUT2D eigenvalue weighted by atomic mass is 9.96. The summed E-state index contributed by atoms with van der Waals surface area (Å²) in [6.07, 6.45) is 0. The normalized spacial score (nSPS) is 10.5. The summed E-state index contributed by atoms with van der Waals surface area (Å²) in [7, 11) is 0. The third-order valence-corrected chi connectivity index (χ3v) is 3.52. The zero-order valence-electron chi connectivity index (χ0n) is 11.3. The first-order chi connectivity index (χ1) is 10.2. The molecule has 0 spiro atoms. The van der Waals surface area contributed by atoms with E-state index >= 15 is 0 Å². The lowest BCUT2D eigenvalue weighted by molar-refractivity contribution is -0.385. The molecule has 0 aliphatic rings. The maximum atomic E-state index is 11.1. The second-order valence-electron chi connectivity index (χ2n) is 4.81. The van der Waals surface area contributed by atoms with Gasteiger partial charge in [0.1, 0.15) is 0 Å². The van der Waals surface area contributed by atoms with Crippen molar-refractivity contribution in [2.24, 2.45) is 0 Å². The smallest absolute Gasteiger partial charge is 0.258 e. The van der Waals surface area contributed by atoms with Crippen molar-refractivity contribution in [1.82, 2.24) is 0 Å². The van der Waals surface area contributed by atoms with Crippen LogP contribution in [0.4, 0.5) is 5.69 Å². The molecular formula is C18H13NO2. The molecule has 0 saturated carbocycles. The molecule has 0 heterocycles. The Bertz CT molecular complexity index is 852. The van der Waals surface area contributed by atoms with Gasteiger partial charge in [-0.1, -0.05) is 55.1 Å². The van der Waals surface area contributed by atoms with E-state index in [-0.39, 0.29) is 10.6 Å². The first-order valence-electron chi connectivity index (χ1n) is 6.59. The van der Waals surface area contributed by atoms with Crippen LogP contribution in [0.5, 0.6) is 0 Å². The van der Waals surface area contributed by atoms with E-state index in [9.17, 15) is 10.1 Å². The summed E-state index contributed by atoms with van der Waals surface area (Å²) in [6.45, 7) is 4.04. The molecule has 3 heteroatoms. The van der Waals surface area contributed by atoms with Crippen molar-refractivity contribution in [3.05, 3.63) is 94.6 Å². The van der Waals surface area contributed by atoms with Gasteiger partial charge in [0.25, 0.3) is 5.69 Å². The van der Waals surface area contributed by atoms with Gasteiger partial charge in [-0.2, -0.15) is 0 Å². The molecule has 0 unspecified atom stereocenters. The summed E-state index contributed by atoms with van der Waals surface area (Å²) in [5.74, 6) is 0. The molecule has 3 aromatic carbocycles. The molecule has 0 aliphatic heterocycles. The van der Waals surface area contributed by atoms with Crippen LogP contribution in [0, 0.1) is 10.1 Å². The Kier molecular flexibility index (Phi) is 3.24. The van der Waals surface area contributed by atoms with Gasteiger partial charge in [-0.3, -0.25) is 10.1 Å². The molecule has 0 atom stereocenters. The molecular weight excluding hydrogens is 262 g/mol. The molecule has 3 nitrogen and oxygen atoms in total. The van der Waals surface area contributed by atoms with Crippen LogP contribution in [0.25, 0.3) is 16.3 Å². The number of nitro benzene ring substituents is 1. The van der Waals surface area contributed by atoms with Crippen molar-refractivity contribution < 1.29 is 4.92 Å². The van der Waals surface area contributed by atoms with Gasteiger partial charge in [-0.15, -0.1) is 0 Å². The number of benzene rings is 3. The SMILES string of the molecule is C=C(c1ccc2ccccc2c1)c1ccccc1[N+](=O)[O-]. The Morgan fingerprint density at radius 2 is 1.57 bits per heavy atom. The summed E-state index contributed by atoms with van der Waals surface area (Å²) in [4.78, 5) is 10.8. The molecule has 0 fully saturated rings. The number of rotatable bonds is 3. The van der Waals surface area contributed by atoms with Crippen molar-refractivity contribution in [2.75, 3.05) is 0 Å². The monoisotopic (exact) mass is 275 g/mol. The first kappa shape index (κ1) is 13.1. The zero-order chi connectivity index (χ0) is 14.8. The van der Waals surface area contributed by atoms with Crippen molar-refractivity contribution in [2.45, 2.75) is 0 Å². The molecule has 3 rings (SSSR count). The number of fused-ring (bicyclic) bond motifs is 1. The van der Waals surface area contributed by atoms with Gasteiger partial charge in [0.2, 0.25) is 0 Å². The van der Waals surface area contributed by atoms with Crippen LogP contribution >= 0.6 is 0 Å². The van der Waals surface area contributed by atoms with Crippen LogP contribution in [-0.2, 0) is 0 Å². The summed E-state index contributed by atoms with van der Waals surface area (Å²) >= 11 is 0. The Hall–Kier alpha value is -2.94. The second-order valence-corrected chi connectivity index (χ2v) is 4.81. The number of nitro groups is 1. The minimum absolute atomic E-state index is 0.0793. The standard InChI is InChI=1S/C18H13NO2/c1-13(17-8-4-5-9-18(17)19(20)21)15-11-10-14-6-2-3-7-16(14)12-15/h2-12H,1H2. The second kappa shape index (κ2) is 5.21. The van der Waals surface area contributed by atoms with E-state index in [4.69, 9.17) is 0 Å². The first-order valence-corrected chi connectivity index (χ1v) is 6.59. The van der Waals surface area contributed by atoms with Gasteiger partial charge >= 0.3 is 0 Å². The zero-order valence-corrected chi connectivity index (χ0v) is 11.3. The topological polar surface area (TPSA) is 43.1 Å². The Morgan fingerprint density at radius 1 is 0.905 bits per heavy atom. The van der Waals surface area contributed by atoms with E-state index in [1.165, 1.54) is 6.07 Å². The van der Waals surface area contributed by atoms with Crippen LogP contribution in [0.2, 0.25) is 0 Å². The largest absolute Gasteiger partial charge is 0.277 e. The van der Waals surface area contributed by atoms with Gasteiger partial charge < -0.3 is 0 Å². The van der Waals surface area contributed by atoms with Crippen LogP contribution in [-0.4, -0.2) is 4.92 Å². The van der Waals surface area contributed by atoms with Crippen LogP contribution in [0.3, 0.4) is 0 Å². The Morgan fingerprint density at radius 3 is 2.33 bits per heavy atom. The van der Waals surface area contributed by atoms with Crippen LogP contribution < -0.4 is 0 Å². The van der Waals surface area contributed by atoms with Gasteiger partial charge in [0.15, 0.2) is 0 Å². The predicted molar refractivity (Wildman–Crippen MR) is 85.2 cm³/mol. The number of para-hydroxylation sites is 1. The van der Waals surface area contributed by atoms with E-state index in [2.05, 4.69) is 6.58 Å². The highest BCUT2D eigenvalue weighted by molar-refractivity contribution is 5.90. The van der Waals surface area contributed by atoms with Crippen molar-refractivity contribution in [1.29, 1.82) is 0 Å². The average molecular weight is 275 g/mol. The third-order valence-electron chi connectivity index (χ3n) is 3.52.